The van der Waals surface area contributed by atoms with Crippen LogP contribution in [-0.4, -0.2) is 27.5 Å². The highest BCUT2D eigenvalue weighted by Gasteiger charge is 2.16. The molecule has 2 rings (SSSR count). The SMILES string of the molecule is Cc1cc(NC(=O)NC(CO)c2ccc(Cl)c(F)c2)n(C)n1. The fourth-order valence-corrected chi connectivity index (χ4v) is 2.12. The van der Waals surface area contributed by atoms with Crippen molar-refractivity contribution in [2.24, 2.45) is 7.05 Å². The third-order valence-electron chi connectivity index (χ3n) is 3.08. The molecule has 0 bridgehead atoms. The summed E-state index contributed by atoms with van der Waals surface area (Å²) in [7, 11) is 1.70. The number of benzene rings is 1. The Morgan fingerprint density at radius 2 is 2.23 bits per heavy atom. The summed E-state index contributed by atoms with van der Waals surface area (Å²) in [6.07, 6.45) is 0. The molecular weight excluding hydrogens is 311 g/mol. The number of urea groups is 1. The molecule has 2 aromatic rings. The average molecular weight is 327 g/mol. The van der Waals surface area contributed by atoms with Crippen molar-refractivity contribution in [2.45, 2.75) is 13.0 Å². The highest BCUT2D eigenvalue weighted by Crippen LogP contribution is 2.20. The van der Waals surface area contributed by atoms with Crippen LogP contribution in [0.5, 0.6) is 0 Å². The predicted octanol–water partition coefficient (Wildman–Crippen LogP) is 2.38. The summed E-state index contributed by atoms with van der Waals surface area (Å²) < 4.78 is 15.0. The van der Waals surface area contributed by atoms with Crippen molar-refractivity contribution in [3.05, 3.63) is 46.4 Å². The van der Waals surface area contributed by atoms with E-state index in [1.54, 1.807) is 26.1 Å². The maximum atomic E-state index is 13.5. The average Bonchev–Trinajstić information content (AvgIpc) is 2.77. The van der Waals surface area contributed by atoms with Gasteiger partial charge in [-0.05, 0) is 24.6 Å². The molecule has 0 aliphatic heterocycles. The van der Waals surface area contributed by atoms with Crippen LogP contribution in [0.3, 0.4) is 0 Å². The summed E-state index contributed by atoms with van der Waals surface area (Å²) in [6.45, 7) is 1.43. The van der Waals surface area contributed by atoms with Crippen LogP contribution in [0, 0.1) is 12.7 Å². The van der Waals surface area contributed by atoms with Gasteiger partial charge in [0, 0.05) is 13.1 Å². The molecule has 0 fully saturated rings. The molecule has 0 radical (unpaired) electrons. The Labute approximate surface area is 131 Å². The number of anilines is 1. The van der Waals surface area contributed by atoms with E-state index in [-0.39, 0.29) is 11.6 Å². The maximum Gasteiger partial charge on any atom is 0.320 e. The molecule has 0 aliphatic rings. The fraction of sp³-hybridized carbons (Fsp3) is 0.286. The van der Waals surface area contributed by atoms with Crippen molar-refractivity contribution in [1.29, 1.82) is 0 Å². The lowest BCUT2D eigenvalue weighted by Crippen LogP contribution is -2.34. The van der Waals surface area contributed by atoms with Crippen LogP contribution in [0.15, 0.2) is 24.3 Å². The number of nitrogens with one attached hydrogen (secondary N) is 2. The molecular formula is C14H16ClFN4O2. The highest BCUT2D eigenvalue weighted by atomic mass is 35.5. The molecule has 22 heavy (non-hydrogen) atoms. The largest absolute Gasteiger partial charge is 0.394 e. The Hall–Kier alpha value is -2.12. The molecule has 1 atom stereocenters. The number of halogens is 2. The van der Waals surface area contributed by atoms with Gasteiger partial charge in [-0.1, -0.05) is 17.7 Å². The van der Waals surface area contributed by atoms with E-state index < -0.39 is 17.9 Å². The number of aromatic nitrogens is 2. The van der Waals surface area contributed by atoms with Crippen LogP contribution < -0.4 is 10.6 Å². The number of aryl methyl sites for hydroxylation is 2. The van der Waals surface area contributed by atoms with E-state index in [9.17, 15) is 14.3 Å². The second-order valence-electron chi connectivity index (χ2n) is 4.80. The van der Waals surface area contributed by atoms with Gasteiger partial charge in [-0.15, -0.1) is 0 Å². The lowest BCUT2D eigenvalue weighted by molar-refractivity contribution is 0.225. The summed E-state index contributed by atoms with van der Waals surface area (Å²) in [5, 5.41) is 18.7. The van der Waals surface area contributed by atoms with E-state index in [1.807, 2.05) is 0 Å². The zero-order valence-electron chi connectivity index (χ0n) is 12.1. The number of rotatable bonds is 4. The topological polar surface area (TPSA) is 79.2 Å². The van der Waals surface area contributed by atoms with Crippen molar-refractivity contribution >= 4 is 23.4 Å². The molecule has 1 aromatic carbocycles. The Morgan fingerprint density at radius 3 is 2.77 bits per heavy atom. The molecule has 1 unspecified atom stereocenters. The van der Waals surface area contributed by atoms with Crippen molar-refractivity contribution < 1.29 is 14.3 Å². The first-order valence-electron chi connectivity index (χ1n) is 6.54. The summed E-state index contributed by atoms with van der Waals surface area (Å²) in [5.74, 6) is -0.101. The minimum absolute atomic E-state index is 0.0183. The highest BCUT2D eigenvalue weighted by molar-refractivity contribution is 6.30. The zero-order chi connectivity index (χ0) is 16.3. The van der Waals surface area contributed by atoms with E-state index >= 15 is 0 Å². The van der Waals surface area contributed by atoms with Gasteiger partial charge in [-0.2, -0.15) is 5.10 Å². The second kappa shape index (κ2) is 6.76. The van der Waals surface area contributed by atoms with Gasteiger partial charge in [0.2, 0.25) is 0 Å². The van der Waals surface area contributed by atoms with Crippen LogP contribution in [-0.2, 0) is 7.05 Å². The van der Waals surface area contributed by atoms with Crippen molar-refractivity contribution in [1.82, 2.24) is 15.1 Å². The number of aliphatic hydroxyl groups excluding tert-OH is 1. The molecule has 1 heterocycles. The number of amides is 2. The van der Waals surface area contributed by atoms with Crippen LogP contribution in [0.4, 0.5) is 15.0 Å². The van der Waals surface area contributed by atoms with Crippen LogP contribution in [0.25, 0.3) is 0 Å². The molecule has 0 spiro atoms. The first-order chi connectivity index (χ1) is 10.4. The normalized spacial score (nSPS) is 12.0. The number of carbonyl (C=O) groups excluding carboxylic acids is 1. The van der Waals surface area contributed by atoms with Gasteiger partial charge in [0.25, 0.3) is 0 Å². The Kier molecular flexibility index (Phi) is 4.99. The van der Waals surface area contributed by atoms with E-state index in [2.05, 4.69) is 15.7 Å². The predicted molar refractivity (Wildman–Crippen MR) is 81.3 cm³/mol. The lowest BCUT2D eigenvalue weighted by Gasteiger charge is -2.17. The van der Waals surface area contributed by atoms with E-state index in [0.29, 0.717) is 11.4 Å². The van der Waals surface area contributed by atoms with E-state index in [4.69, 9.17) is 11.6 Å². The van der Waals surface area contributed by atoms with Crippen molar-refractivity contribution in [3.8, 4) is 0 Å². The van der Waals surface area contributed by atoms with Crippen LogP contribution >= 0.6 is 11.6 Å². The number of nitrogens with zero attached hydrogens (tertiary/aromatic N) is 2. The molecule has 0 saturated heterocycles. The fourth-order valence-electron chi connectivity index (χ4n) is 2.00. The molecule has 6 nitrogen and oxygen atoms in total. The molecule has 0 saturated carbocycles. The first-order valence-corrected chi connectivity index (χ1v) is 6.92. The van der Waals surface area contributed by atoms with Crippen molar-refractivity contribution in [3.63, 3.8) is 0 Å². The van der Waals surface area contributed by atoms with Crippen molar-refractivity contribution in [2.75, 3.05) is 11.9 Å². The minimum Gasteiger partial charge on any atom is -0.394 e. The number of hydrogen-bond donors (Lipinski definition) is 3. The van der Waals surface area contributed by atoms with Gasteiger partial charge < -0.3 is 10.4 Å². The van der Waals surface area contributed by atoms with E-state index in [0.717, 1.165) is 5.69 Å². The molecule has 1 aromatic heterocycles. The third kappa shape index (κ3) is 3.75. The monoisotopic (exact) mass is 326 g/mol. The summed E-state index contributed by atoms with van der Waals surface area (Å²) in [6, 6.07) is 4.52. The number of hydrogen-bond acceptors (Lipinski definition) is 3. The molecule has 2 amide bonds. The minimum atomic E-state index is -0.749. The second-order valence-corrected chi connectivity index (χ2v) is 5.21. The summed E-state index contributed by atoms with van der Waals surface area (Å²) in [5.41, 5.74) is 1.18. The smallest absolute Gasteiger partial charge is 0.320 e. The third-order valence-corrected chi connectivity index (χ3v) is 3.38. The summed E-state index contributed by atoms with van der Waals surface area (Å²) in [4.78, 5) is 12.0. The van der Waals surface area contributed by atoms with Gasteiger partial charge >= 0.3 is 6.03 Å². The zero-order valence-corrected chi connectivity index (χ0v) is 12.9. The molecule has 8 heteroatoms. The Morgan fingerprint density at radius 1 is 1.50 bits per heavy atom. The lowest BCUT2D eigenvalue weighted by atomic mass is 10.1. The van der Waals surface area contributed by atoms with Crippen LogP contribution in [0.1, 0.15) is 17.3 Å². The quantitative estimate of drug-likeness (QED) is 0.807. The van der Waals surface area contributed by atoms with Gasteiger partial charge in [0.05, 0.1) is 23.4 Å². The standard InChI is InChI=1S/C14H16ClFN4O2/c1-8-5-13(20(2)19-8)18-14(22)17-12(7-21)9-3-4-10(15)11(16)6-9/h3-6,12,21H,7H2,1-2H3,(H2,17,18,22). The van der Waals surface area contributed by atoms with Gasteiger partial charge in [0.1, 0.15) is 11.6 Å². The maximum absolute atomic E-state index is 13.5. The first kappa shape index (κ1) is 16.3. The molecule has 3 N–H and O–H groups in total. The van der Waals surface area contributed by atoms with E-state index in [1.165, 1.54) is 16.8 Å². The molecule has 0 aliphatic carbocycles. The number of carbonyl (C=O) groups is 1. The Bertz CT molecular complexity index is 689. The van der Waals surface area contributed by atoms with Gasteiger partial charge in [-0.3, -0.25) is 10.00 Å². The number of aliphatic hydroxyl groups is 1. The van der Waals surface area contributed by atoms with Gasteiger partial charge in [-0.25, -0.2) is 9.18 Å². The Balaban J connectivity index is 2.07. The summed E-state index contributed by atoms with van der Waals surface area (Å²) >= 11 is 5.61. The molecule has 118 valence electrons. The van der Waals surface area contributed by atoms with Crippen LogP contribution in [0.2, 0.25) is 5.02 Å². The van der Waals surface area contributed by atoms with Gasteiger partial charge in [0.15, 0.2) is 0 Å².